The zero-order valence-corrected chi connectivity index (χ0v) is 11.0. The fourth-order valence-corrected chi connectivity index (χ4v) is 2.51. The normalized spacial score (nSPS) is 13.7. The molecule has 0 spiro atoms. The number of nitrogens with zero attached hydrogens (tertiary/aromatic N) is 1. The lowest BCUT2D eigenvalue weighted by molar-refractivity contribution is 0.476. The highest BCUT2D eigenvalue weighted by Crippen LogP contribution is 2.13. The Labute approximate surface area is 102 Å². The van der Waals surface area contributed by atoms with E-state index in [-0.39, 0.29) is 16.9 Å². The summed E-state index contributed by atoms with van der Waals surface area (Å²) >= 11 is 0. The molecule has 1 aromatic heterocycles. The molecule has 17 heavy (non-hydrogen) atoms. The molecule has 0 fully saturated rings. The number of hydrazine groups is 1. The molecule has 0 bridgehead atoms. The maximum atomic E-state index is 12.0. The van der Waals surface area contributed by atoms with E-state index < -0.39 is 10.0 Å². The van der Waals surface area contributed by atoms with Crippen LogP contribution >= 0.6 is 0 Å². The summed E-state index contributed by atoms with van der Waals surface area (Å²) in [4.78, 5) is 4.00. The van der Waals surface area contributed by atoms with Crippen molar-refractivity contribution in [3.05, 3.63) is 18.3 Å². The van der Waals surface area contributed by atoms with Crippen LogP contribution in [0.4, 0.5) is 5.82 Å². The monoisotopic (exact) mass is 258 g/mol. The van der Waals surface area contributed by atoms with Gasteiger partial charge in [0.2, 0.25) is 10.0 Å². The molecule has 0 saturated carbocycles. The van der Waals surface area contributed by atoms with Crippen molar-refractivity contribution in [3.8, 4) is 0 Å². The van der Waals surface area contributed by atoms with Gasteiger partial charge in [-0.25, -0.2) is 24.0 Å². The van der Waals surface area contributed by atoms with Crippen LogP contribution in [0, 0.1) is 5.92 Å². The molecule has 0 aliphatic rings. The third kappa shape index (κ3) is 3.65. The Bertz CT molecular complexity index is 473. The lowest BCUT2D eigenvalue weighted by Gasteiger charge is -2.17. The number of sulfonamides is 1. The van der Waals surface area contributed by atoms with Gasteiger partial charge in [-0.05, 0) is 18.9 Å². The molecule has 7 heteroatoms. The first-order valence-electron chi connectivity index (χ1n) is 5.32. The minimum atomic E-state index is -3.52. The second-order valence-corrected chi connectivity index (χ2v) is 5.89. The van der Waals surface area contributed by atoms with Crippen LogP contribution in [-0.2, 0) is 10.0 Å². The second kappa shape index (κ2) is 5.44. The van der Waals surface area contributed by atoms with Crippen LogP contribution in [-0.4, -0.2) is 19.4 Å². The number of nitrogens with one attached hydrogen (secondary N) is 2. The molecule has 1 rings (SSSR count). The van der Waals surface area contributed by atoms with Crippen molar-refractivity contribution >= 4 is 15.8 Å². The van der Waals surface area contributed by atoms with Crippen LogP contribution in [0.15, 0.2) is 23.2 Å². The number of hydrogen-bond acceptors (Lipinski definition) is 5. The highest BCUT2D eigenvalue weighted by atomic mass is 32.2. The van der Waals surface area contributed by atoms with Gasteiger partial charge in [0.25, 0.3) is 0 Å². The molecule has 0 saturated heterocycles. The Morgan fingerprint density at radius 1 is 1.35 bits per heavy atom. The molecule has 1 atom stereocenters. The van der Waals surface area contributed by atoms with E-state index >= 15 is 0 Å². The van der Waals surface area contributed by atoms with Gasteiger partial charge in [-0.3, -0.25) is 0 Å². The lowest BCUT2D eigenvalue weighted by Crippen LogP contribution is -2.36. The van der Waals surface area contributed by atoms with Gasteiger partial charge in [0.15, 0.2) is 0 Å². The lowest BCUT2D eigenvalue weighted by atomic mass is 10.1. The zero-order chi connectivity index (χ0) is 13.1. The first-order valence-corrected chi connectivity index (χ1v) is 6.80. The Hall–Kier alpha value is -1.18. The summed E-state index contributed by atoms with van der Waals surface area (Å²) in [6.07, 6.45) is 1.39. The van der Waals surface area contributed by atoms with Crippen LogP contribution in [0.1, 0.15) is 20.8 Å². The average molecular weight is 258 g/mol. The third-order valence-electron chi connectivity index (χ3n) is 2.53. The van der Waals surface area contributed by atoms with E-state index in [1.54, 1.807) is 0 Å². The van der Waals surface area contributed by atoms with Crippen LogP contribution in [0.25, 0.3) is 0 Å². The molecule has 1 aromatic rings. The van der Waals surface area contributed by atoms with Crippen molar-refractivity contribution in [3.63, 3.8) is 0 Å². The topological polar surface area (TPSA) is 97.1 Å². The smallest absolute Gasteiger partial charge is 0.241 e. The maximum Gasteiger partial charge on any atom is 0.241 e. The van der Waals surface area contributed by atoms with E-state index in [0.717, 1.165) is 0 Å². The van der Waals surface area contributed by atoms with Crippen molar-refractivity contribution in [1.29, 1.82) is 0 Å². The summed E-state index contributed by atoms with van der Waals surface area (Å²) in [6, 6.07) is 2.67. The van der Waals surface area contributed by atoms with Crippen LogP contribution < -0.4 is 16.0 Å². The van der Waals surface area contributed by atoms with Crippen molar-refractivity contribution in [2.24, 2.45) is 11.8 Å². The molecule has 0 amide bonds. The Balaban J connectivity index is 2.97. The summed E-state index contributed by atoms with van der Waals surface area (Å²) in [5, 5.41) is 0. The fraction of sp³-hybridized carbons (Fsp3) is 0.500. The largest absolute Gasteiger partial charge is 0.308 e. The average Bonchev–Trinajstić information content (AvgIpc) is 2.28. The van der Waals surface area contributed by atoms with Crippen molar-refractivity contribution < 1.29 is 8.42 Å². The highest BCUT2D eigenvalue weighted by Gasteiger charge is 2.19. The number of rotatable bonds is 5. The van der Waals surface area contributed by atoms with Crippen LogP contribution in [0.3, 0.4) is 0 Å². The molecule has 96 valence electrons. The van der Waals surface area contributed by atoms with E-state index in [0.29, 0.717) is 5.82 Å². The minimum Gasteiger partial charge on any atom is -0.308 e. The molecule has 1 heterocycles. The number of nitrogens with two attached hydrogens (primary N) is 1. The SMILES string of the molecule is CC(C)C(C)NS(=O)(=O)c1ccnc(NN)c1. The third-order valence-corrected chi connectivity index (χ3v) is 4.09. The highest BCUT2D eigenvalue weighted by molar-refractivity contribution is 7.89. The van der Waals surface area contributed by atoms with E-state index in [9.17, 15) is 8.42 Å². The van der Waals surface area contributed by atoms with E-state index in [1.807, 2.05) is 20.8 Å². The Morgan fingerprint density at radius 2 is 2.00 bits per heavy atom. The molecule has 0 aliphatic heterocycles. The van der Waals surface area contributed by atoms with E-state index in [1.165, 1.54) is 18.3 Å². The van der Waals surface area contributed by atoms with Gasteiger partial charge in [0.1, 0.15) is 5.82 Å². The Kier molecular flexibility index (Phi) is 4.44. The van der Waals surface area contributed by atoms with Gasteiger partial charge in [-0.2, -0.15) is 0 Å². The van der Waals surface area contributed by atoms with Crippen molar-refractivity contribution in [2.45, 2.75) is 31.7 Å². The first kappa shape index (κ1) is 13.9. The summed E-state index contributed by atoms with van der Waals surface area (Å²) in [7, 11) is -3.52. The zero-order valence-electron chi connectivity index (χ0n) is 10.1. The van der Waals surface area contributed by atoms with Gasteiger partial charge >= 0.3 is 0 Å². The number of nitrogen functional groups attached to an aromatic ring is 1. The van der Waals surface area contributed by atoms with Gasteiger partial charge in [0.05, 0.1) is 4.90 Å². The van der Waals surface area contributed by atoms with Gasteiger partial charge in [-0.15, -0.1) is 0 Å². The van der Waals surface area contributed by atoms with E-state index in [4.69, 9.17) is 5.84 Å². The Morgan fingerprint density at radius 3 is 2.53 bits per heavy atom. The van der Waals surface area contributed by atoms with E-state index in [2.05, 4.69) is 15.1 Å². The predicted octanol–water partition coefficient (Wildman–Crippen LogP) is 0.690. The number of pyridine rings is 1. The van der Waals surface area contributed by atoms with Crippen molar-refractivity contribution in [2.75, 3.05) is 5.43 Å². The predicted molar refractivity (Wildman–Crippen MR) is 66.7 cm³/mol. The summed E-state index contributed by atoms with van der Waals surface area (Å²) in [5.41, 5.74) is 2.31. The van der Waals surface area contributed by atoms with Crippen LogP contribution in [0.2, 0.25) is 0 Å². The summed E-state index contributed by atoms with van der Waals surface area (Å²) in [6.45, 7) is 5.73. The molecule has 1 unspecified atom stereocenters. The second-order valence-electron chi connectivity index (χ2n) is 4.18. The fourth-order valence-electron chi connectivity index (χ4n) is 1.11. The number of hydrogen-bond donors (Lipinski definition) is 3. The van der Waals surface area contributed by atoms with Gasteiger partial charge in [0, 0.05) is 18.3 Å². The van der Waals surface area contributed by atoms with Crippen molar-refractivity contribution in [1.82, 2.24) is 9.71 Å². The molecule has 0 aromatic carbocycles. The molecule has 4 N–H and O–H groups in total. The van der Waals surface area contributed by atoms with Gasteiger partial charge in [-0.1, -0.05) is 13.8 Å². The molecule has 0 radical (unpaired) electrons. The summed E-state index contributed by atoms with van der Waals surface area (Å²) < 4.78 is 26.6. The molecule has 6 nitrogen and oxygen atoms in total. The minimum absolute atomic E-state index is 0.137. The summed E-state index contributed by atoms with van der Waals surface area (Å²) in [5.74, 6) is 5.72. The van der Waals surface area contributed by atoms with Gasteiger partial charge < -0.3 is 5.43 Å². The maximum absolute atomic E-state index is 12.0. The van der Waals surface area contributed by atoms with Crippen LogP contribution in [0.5, 0.6) is 0 Å². The quantitative estimate of drug-likeness (QED) is 0.533. The molecular weight excluding hydrogens is 240 g/mol. The standard InChI is InChI=1S/C10H18N4O2S/c1-7(2)8(3)14-17(15,16)9-4-5-12-10(6-9)13-11/h4-8,14H,11H2,1-3H3,(H,12,13). The number of aromatic nitrogens is 1. The number of anilines is 1. The first-order chi connectivity index (χ1) is 7.86. The molecular formula is C10H18N4O2S. The molecule has 0 aliphatic carbocycles.